The van der Waals surface area contributed by atoms with E-state index in [2.05, 4.69) is 15.4 Å². The summed E-state index contributed by atoms with van der Waals surface area (Å²) in [6, 6.07) is 22.7. The minimum absolute atomic E-state index is 0.131. The molecule has 5 aromatic rings. The lowest BCUT2D eigenvalue weighted by Gasteiger charge is -2.17. The van der Waals surface area contributed by atoms with Gasteiger partial charge in [0.25, 0.3) is 11.5 Å². The van der Waals surface area contributed by atoms with Crippen LogP contribution in [0.15, 0.2) is 77.6 Å². The number of rotatable bonds is 5. The molecule has 2 heterocycles. The van der Waals surface area contributed by atoms with Crippen LogP contribution in [0.1, 0.15) is 21.5 Å². The number of hydrogen-bond acceptors (Lipinski definition) is 6. The summed E-state index contributed by atoms with van der Waals surface area (Å²) in [7, 11) is 1.76. The van der Waals surface area contributed by atoms with Crippen molar-refractivity contribution in [1.29, 1.82) is 0 Å². The van der Waals surface area contributed by atoms with E-state index >= 15 is 0 Å². The van der Waals surface area contributed by atoms with Crippen LogP contribution in [0.25, 0.3) is 15.9 Å². The summed E-state index contributed by atoms with van der Waals surface area (Å²) in [5.74, 6) is -0.131. The Morgan fingerprint density at radius 3 is 2.61 bits per heavy atom. The van der Waals surface area contributed by atoms with E-state index in [1.807, 2.05) is 61.5 Å². The molecule has 0 unspecified atom stereocenters. The van der Waals surface area contributed by atoms with E-state index in [0.29, 0.717) is 33.1 Å². The number of nitrogens with zero attached hydrogens (tertiary/aromatic N) is 4. The van der Waals surface area contributed by atoms with Crippen LogP contribution in [0.2, 0.25) is 0 Å². The molecule has 0 saturated heterocycles. The van der Waals surface area contributed by atoms with Crippen molar-refractivity contribution in [2.45, 2.75) is 13.5 Å². The summed E-state index contributed by atoms with van der Waals surface area (Å²) >= 11 is 1.29. The summed E-state index contributed by atoms with van der Waals surface area (Å²) in [5.41, 5.74) is 3.74. The van der Waals surface area contributed by atoms with Gasteiger partial charge in [-0.3, -0.25) is 9.59 Å². The van der Waals surface area contributed by atoms with Gasteiger partial charge in [0.05, 0.1) is 10.9 Å². The number of fused-ring (bicyclic) bond motifs is 2. The number of aryl methyl sites for hydroxylation is 1. The first-order valence-corrected chi connectivity index (χ1v) is 11.3. The molecule has 164 valence electrons. The Kier molecular flexibility index (Phi) is 5.35. The molecule has 0 atom stereocenters. The van der Waals surface area contributed by atoms with Gasteiger partial charge in [-0.1, -0.05) is 59.9 Å². The van der Waals surface area contributed by atoms with E-state index in [1.165, 1.54) is 15.9 Å². The van der Waals surface area contributed by atoms with Crippen LogP contribution in [-0.4, -0.2) is 32.5 Å². The van der Waals surface area contributed by atoms with Crippen molar-refractivity contribution in [3.05, 3.63) is 99.8 Å². The lowest BCUT2D eigenvalue weighted by Crippen LogP contribution is -2.26. The molecule has 1 N–H and O–H groups in total. The van der Waals surface area contributed by atoms with E-state index in [1.54, 1.807) is 30.1 Å². The number of anilines is 2. The van der Waals surface area contributed by atoms with Crippen molar-refractivity contribution in [2.24, 2.45) is 0 Å². The fraction of sp³-hybridized carbons (Fsp3) is 0.120. The molecular formula is C25H21N5O2S. The Labute approximate surface area is 193 Å². The van der Waals surface area contributed by atoms with E-state index in [4.69, 9.17) is 0 Å². The van der Waals surface area contributed by atoms with Gasteiger partial charge in [0.2, 0.25) is 10.1 Å². The number of benzene rings is 3. The van der Waals surface area contributed by atoms with Crippen LogP contribution in [-0.2, 0) is 6.54 Å². The summed E-state index contributed by atoms with van der Waals surface area (Å²) in [6.07, 6.45) is 0. The van der Waals surface area contributed by atoms with Crippen molar-refractivity contribution in [2.75, 3.05) is 12.4 Å². The summed E-state index contributed by atoms with van der Waals surface area (Å²) in [6.45, 7) is 2.50. The topological polar surface area (TPSA) is 79.6 Å². The molecular weight excluding hydrogens is 434 g/mol. The van der Waals surface area contributed by atoms with Gasteiger partial charge < -0.3 is 10.2 Å². The quantitative estimate of drug-likeness (QED) is 0.418. The van der Waals surface area contributed by atoms with Crippen LogP contribution >= 0.6 is 11.3 Å². The van der Waals surface area contributed by atoms with Crippen molar-refractivity contribution < 1.29 is 4.79 Å². The molecule has 1 amide bonds. The van der Waals surface area contributed by atoms with Crippen molar-refractivity contribution >= 4 is 43.9 Å². The zero-order chi connectivity index (χ0) is 22.9. The van der Waals surface area contributed by atoms with E-state index < -0.39 is 0 Å². The van der Waals surface area contributed by atoms with Gasteiger partial charge >= 0.3 is 0 Å². The number of amides is 1. The van der Waals surface area contributed by atoms with Gasteiger partial charge in [-0.15, -0.1) is 5.10 Å². The molecule has 0 aliphatic rings. The molecule has 0 saturated carbocycles. The largest absolute Gasteiger partial charge is 0.337 e. The summed E-state index contributed by atoms with van der Waals surface area (Å²) in [4.78, 5) is 32.7. The number of hydrogen-bond donors (Lipinski definition) is 1. The molecule has 5 rings (SSSR count). The van der Waals surface area contributed by atoms with Gasteiger partial charge in [0, 0.05) is 24.8 Å². The van der Waals surface area contributed by atoms with Crippen molar-refractivity contribution in [1.82, 2.24) is 19.5 Å². The van der Waals surface area contributed by atoms with Crippen molar-refractivity contribution in [3.63, 3.8) is 0 Å². The van der Waals surface area contributed by atoms with Gasteiger partial charge in [0.15, 0.2) is 0 Å². The average molecular weight is 456 g/mol. The molecule has 0 aliphatic heterocycles. The summed E-state index contributed by atoms with van der Waals surface area (Å²) in [5, 5.41) is 8.65. The second-order valence-electron chi connectivity index (χ2n) is 7.84. The van der Waals surface area contributed by atoms with Gasteiger partial charge in [0.1, 0.15) is 0 Å². The first kappa shape index (κ1) is 20.8. The highest BCUT2D eigenvalue weighted by molar-refractivity contribution is 7.20. The smallest absolute Gasteiger partial charge is 0.283 e. The lowest BCUT2D eigenvalue weighted by atomic mass is 10.1. The van der Waals surface area contributed by atoms with Crippen LogP contribution in [0.4, 0.5) is 10.8 Å². The number of nitrogens with one attached hydrogen (secondary N) is 1. The molecule has 33 heavy (non-hydrogen) atoms. The van der Waals surface area contributed by atoms with Gasteiger partial charge in [-0.2, -0.15) is 4.52 Å². The Morgan fingerprint density at radius 2 is 1.82 bits per heavy atom. The highest BCUT2D eigenvalue weighted by Crippen LogP contribution is 2.25. The monoisotopic (exact) mass is 455 g/mol. The van der Waals surface area contributed by atoms with Gasteiger partial charge in [-0.25, -0.2) is 4.98 Å². The molecule has 2 aromatic heterocycles. The molecule has 0 fully saturated rings. The van der Waals surface area contributed by atoms with E-state index in [0.717, 1.165) is 16.8 Å². The first-order chi connectivity index (χ1) is 16.0. The SMILES string of the molecule is Cc1ccccc1Nc1nn2c(=O)c3ccc(C(=O)N(C)Cc4ccccc4)cc3nc2s1. The Morgan fingerprint density at radius 1 is 1.06 bits per heavy atom. The highest BCUT2D eigenvalue weighted by Gasteiger charge is 2.16. The molecule has 0 bridgehead atoms. The molecule has 3 aromatic carbocycles. The number of para-hydroxylation sites is 1. The zero-order valence-electron chi connectivity index (χ0n) is 18.1. The third-order valence-corrected chi connectivity index (χ3v) is 6.26. The second kappa shape index (κ2) is 8.48. The fourth-order valence-electron chi connectivity index (χ4n) is 3.67. The fourth-order valence-corrected chi connectivity index (χ4v) is 4.48. The normalized spacial score (nSPS) is 11.1. The zero-order valence-corrected chi connectivity index (χ0v) is 19.0. The lowest BCUT2D eigenvalue weighted by molar-refractivity contribution is 0.0785. The maximum atomic E-state index is 13.0. The molecule has 7 nitrogen and oxygen atoms in total. The standard InChI is InChI=1S/C25H21N5O2S/c1-16-8-6-7-11-20(16)26-24-28-30-23(32)19-13-12-18(14-21(19)27-25(30)33-24)22(31)29(2)15-17-9-4-3-5-10-17/h3-14H,15H2,1-2H3,(H,26,28). The van der Waals surface area contributed by atoms with E-state index in [9.17, 15) is 9.59 Å². The number of aromatic nitrogens is 3. The van der Waals surface area contributed by atoms with Crippen LogP contribution in [0.5, 0.6) is 0 Å². The maximum absolute atomic E-state index is 13.0. The minimum Gasteiger partial charge on any atom is -0.337 e. The predicted molar refractivity (Wildman–Crippen MR) is 131 cm³/mol. The second-order valence-corrected chi connectivity index (χ2v) is 8.79. The van der Waals surface area contributed by atoms with Crippen LogP contribution in [0, 0.1) is 6.92 Å². The number of carbonyl (C=O) groups is 1. The molecule has 0 radical (unpaired) electrons. The minimum atomic E-state index is -0.263. The van der Waals surface area contributed by atoms with Crippen LogP contribution < -0.4 is 10.9 Å². The van der Waals surface area contributed by atoms with E-state index in [-0.39, 0.29) is 11.5 Å². The Hall–Kier alpha value is -4.04. The maximum Gasteiger partial charge on any atom is 0.283 e. The number of carbonyl (C=O) groups excluding carboxylic acids is 1. The van der Waals surface area contributed by atoms with Crippen LogP contribution in [0.3, 0.4) is 0 Å². The first-order valence-electron chi connectivity index (χ1n) is 10.5. The molecule has 8 heteroatoms. The third-order valence-electron chi connectivity index (χ3n) is 5.44. The predicted octanol–water partition coefficient (Wildman–Crippen LogP) is 4.63. The molecule has 0 spiro atoms. The summed E-state index contributed by atoms with van der Waals surface area (Å²) < 4.78 is 1.30. The highest BCUT2D eigenvalue weighted by atomic mass is 32.1. The Bertz CT molecular complexity index is 1540. The Balaban J connectivity index is 1.47. The third kappa shape index (κ3) is 4.08. The molecule has 0 aliphatic carbocycles. The van der Waals surface area contributed by atoms with Crippen molar-refractivity contribution in [3.8, 4) is 0 Å². The average Bonchev–Trinajstić information content (AvgIpc) is 3.23. The van der Waals surface area contributed by atoms with Gasteiger partial charge in [-0.05, 0) is 42.3 Å².